The van der Waals surface area contributed by atoms with Crippen molar-refractivity contribution in [2.75, 3.05) is 0 Å². The Bertz CT molecular complexity index is 221. The minimum absolute atomic E-state index is 0.0505. The zero-order valence-corrected chi connectivity index (χ0v) is 7.89. The molecule has 1 unspecified atom stereocenters. The summed E-state index contributed by atoms with van der Waals surface area (Å²) in [4.78, 5) is 10.8. The molecule has 1 aliphatic carbocycles. The SMILES string of the molecule is CC1=CC(OC(=O)C=S)CCC1. The highest BCUT2D eigenvalue weighted by molar-refractivity contribution is 7.80. The van der Waals surface area contributed by atoms with Crippen molar-refractivity contribution in [2.24, 2.45) is 0 Å². The molecule has 0 saturated carbocycles. The minimum Gasteiger partial charge on any atom is -0.454 e. The Morgan fingerprint density at radius 3 is 3.17 bits per heavy atom. The molecule has 0 amide bonds. The Hall–Kier alpha value is -0.700. The van der Waals surface area contributed by atoms with E-state index in [4.69, 9.17) is 4.74 Å². The zero-order chi connectivity index (χ0) is 8.97. The maximum absolute atomic E-state index is 10.8. The fourth-order valence-corrected chi connectivity index (χ4v) is 1.39. The van der Waals surface area contributed by atoms with Gasteiger partial charge in [-0.3, -0.25) is 0 Å². The van der Waals surface area contributed by atoms with Crippen molar-refractivity contribution in [3.63, 3.8) is 0 Å². The van der Waals surface area contributed by atoms with Gasteiger partial charge in [0.15, 0.2) is 0 Å². The van der Waals surface area contributed by atoms with E-state index >= 15 is 0 Å². The number of carbonyl (C=O) groups is 1. The maximum atomic E-state index is 10.8. The topological polar surface area (TPSA) is 26.3 Å². The van der Waals surface area contributed by atoms with Gasteiger partial charge in [-0.2, -0.15) is 0 Å². The van der Waals surface area contributed by atoms with Gasteiger partial charge in [0, 0.05) is 0 Å². The number of rotatable bonds is 2. The Kier molecular flexibility index (Phi) is 3.41. The van der Waals surface area contributed by atoms with E-state index in [1.807, 2.05) is 6.08 Å². The third-order valence-corrected chi connectivity index (χ3v) is 2.09. The molecule has 0 N–H and O–H groups in total. The predicted octanol–water partition coefficient (Wildman–Crippen LogP) is 2.03. The first-order valence-electron chi connectivity index (χ1n) is 4.05. The molecule has 0 spiro atoms. The molecule has 2 nitrogen and oxygen atoms in total. The van der Waals surface area contributed by atoms with Crippen LogP contribution < -0.4 is 0 Å². The smallest absolute Gasteiger partial charge is 0.342 e. The van der Waals surface area contributed by atoms with Crippen LogP contribution in [0.4, 0.5) is 0 Å². The van der Waals surface area contributed by atoms with Crippen LogP contribution in [0.1, 0.15) is 26.2 Å². The number of carbonyl (C=O) groups excluding carboxylic acids is 1. The third kappa shape index (κ3) is 2.74. The number of thiocarbonyl (C=S) groups is 1. The van der Waals surface area contributed by atoms with Crippen molar-refractivity contribution in [1.82, 2.24) is 0 Å². The number of ether oxygens (including phenoxy) is 1. The van der Waals surface area contributed by atoms with Crippen LogP contribution in [-0.4, -0.2) is 17.4 Å². The van der Waals surface area contributed by atoms with E-state index in [0.29, 0.717) is 0 Å². The van der Waals surface area contributed by atoms with Crippen LogP contribution in [-0.2, 0) is 9.53 Å². The molecule has 0 aromatic heterocycles. The summed E-state index contributed by atoms with van der Waals surface area (Å²) >= 11 is 4.45. The van der Waals surface area contributed by atoms with Crippen LogP contribution in [0.2, 0.25) is 0 Å². The average molecular weight is 184 g/mol. The quantitative estimate of drug-likeness (QED) is 0.373. The second kappa shape index (κ2) is 4.36. The van der Waals surface area contributed by atoms with Gasteiger partial charge in [0.25, 0.3) is 0 Å². The van der Waals surface area contributed by atoms with E-state index in [0.717, 1.165) is 24.6 Å². The summed E-state index contributed by atoms with van der Waals surface area (Å²) in [6, 6.07) is 0. The Morgan fingerprint density at radius 1 is 1.83 bits per heavy atom. The number of hydrogen-bond acceptors (Lipinski definition) is 3. The first-order chi connectivity index (χ1) is 5.72. The van der Waals surface area contributed by atoms with Crippen LogP contribution >= 0.6 is 12.2 Å². The second-order valence-electron chi connectivity index (χ2n) is 3.00. The van der Waals surface area contributed by atoms with Gasteiger partial charge in [-0.05, 0) is 32.3 Å². The lowest BCUT2D eigenvalue weighted by Crippen LogP contribution is -2.18. The molecule has 1 atom stereocenters. The van der Waals surface area contributed by atoms with Gasteiger partial charge in [0.05, 0.1) is 5.37 Å². The molecule has 12 heavy (non-hydrogen) atoms. The van der Waals surface area contributed by atoms with Crippen molar-refractivity contribution in [2.45, 2.75) is 32.3 Å². The van der Waals surface area contributed by atoms with Gasteiger partial charge >= 0.3 is 5.97 Å². The lowest BCUT2D eigenvalue weighted by Gasteiger charge is -2.18. The molecule has 0 fully saturated rings. The summed E-state index contributed by atoms with van der Waals surface area (Å²) in [5.74, 6) is -0.402. The van der Waals surface area contributed by atoms with Gasteiger partial charge < -0.3 is 4.74 Å². The van der Waals surface area contributed by atoms with Crippen molar-refractivity contribution in [1.29, 1.82) is 0 Å². The van der Waals surface area contributed by atoms with E-state index in [-0.39, 0.29) is 6.10 Å². The molecule has 3 heteroatoms. The molecule has 0 radical (unpaired) electrons. The first-order valence-corrected chi connectivity index (χ1v) is 4.52. The normalized spacial score (nSPS) is 22.8. The maximum Gasteiger partial charge on any atom is 0.342 e. The van der Waals surface area contributed by atoms with Gasteiger partial charge in [0.2, 0.25) is 0 Å². The number of allylic oxidation sites excluding steroid dienone is 1. The summed E-state index contributed by atoms with van der Waals surface area (Å²) in [5, 5.41) is 1.04. The molecule has 0 aromatic rings. The molecule has 0 aliphatic heterocycles. The van der Waals surface area contributed by atoms with Crippen molar-refractivity contribution >= 4 is 23.6 Å². The van der Waals surface area contributed by atoms with Gasteiger partial charge in [-0.25, -0.2) is 4.79 Å². The minimum atomic E-state index is -0.402. The van der Waals surface area contributed by atoms with E-state index in [1.54, 1.807) is 0 Å². The largest absolute Gasteiger partial charge is 0.454 e. The van der Waals surface area contributed by atoms with Gasteiger partial charge in [0.1, 0.15) is 6.10 Å². The summed E-state index contributed by atoms with van der Waals surface area (Å²) in [6.07, 6.45) is 5.08. The van der Waals surface area contributed by atoms with E-state index < -0.39 is 5.97 Å². The molecule has 0 saturated heterocycles. The van der Waals surface area contributed by atoms with Gasteiger partial charge in [-0.1, -0.05) is 17.8 Å². The lowest BCUT2D eigenvalue weighted by atomic mass is 9.99. The molecule has 1 rings (SSSR count). The molecular formula is C9H12O2S. The molecule has 66 valence electrons. The van der Waals surface area contributed by atoms with Crippen LogP contribution in [0.25, 0.3) is 0 Å². The van der Waals surface area contributed by atoms with Crippen LogP contribution in [0, 0.1) is 0 Å². The van der Waals surface area contributed by atoms with E-state index in [1.165, 1.54) is 5.57 Å². The average Bonchev–Trinajstić information content (AvgIpc) is 2.04. The van der Waals surface area contributed by atoms with E-state index in [9.17, 15) is 4.79 Å². The highest BCUT2D eigenvalue weighted by Crippen LogP contribution is 2.19. The van der Waals surface area contributed by atoms with Crippen molar-refractivity contribution < 1.29 is 9.53 Å². The fourth-order valence-electron chi connectivity index (χ4n) is 1.34. The lowest BCUT2D eigenvalue weighted by molar-refractivity contribution is -0.138. The van der Waals surface area contributed by atoms with Crippen LogP contribution in [0.3, 0.4) is 0 Å². The monoisotopic (exact) mass is 184 g/mol. The second-order valence-corrected chi connectivity index (χ2v) is 3.23. The highest BCUT2D eigenvalue weighted by Gasteiger charge is 2.14. The molecule has 0 aromatic carbocycles. The summed E-state index contributed by atoms with van der Waals surface area (Å²) < 4.78 is 5.04. The first kappa shape index (κ1) is 9.39. The predicted molar refractivity (Wildman–Crippen MR) is 51.1 cm³/mol. The Balaban J connectivity index is 2.47. The van der Waals surface area contributed by atoms with Crippen LogP contribution in [0.15, 0.2) is 11.6 Å². The standard InChI is InChI=1S/C9H12O2S/c1-7-3-2-4-8(5-7)11-9(10)6-12/h5-6,8H,2-4H2,1H3. The molecular weight excluding hydrogens is 172 g/mol. The molecule has 0 heterocycles. The van der Waals surface area contributed by atoms with Gasteiger partial charge in [-0.15, -0.1) is 0 Å². The number of esters is 1. The van der Waals surface area contributed by atoms with Crippen molar-refractivity contribution in [3.05, 3.63) is 11.6 Å². The third-order valence-electron chi connectivity index (χ3n) is 1.89. The summed E-state index contributed by atoms with van der Waals surface area (Å²) in [7, 11) is 0. The summed E-state index contributed by atoms with van der Waals surface area (Å²) in [6.45, 7) is 2.05. The molecule has 1 aliphatic rings. The zero-order valence-electron chi connectivity index (χ0n) is 7.08. The van der Waals surface area contributed by atoms with Crippen molar-refractivity contribution in [3.8, 4) is 0 Å². The van der Waals surface area contributed by atoms with E-state index in [2.05, 4.69) is 19.1 Å². The highest BCUT2D eigenvalue weighted by atomic mass is 32.1. The van der Waals surface area contributed by atoms with Crippen LogP contribution in [0.5, 0.6) is 0 Å². The number of hydrogen-bond donors (Lipinski definition) is 0. The fraction of sp³-hybridized carbons (Fsp3) is 0.556. The Labute approximate surface area is 77.6 Å². The summed E-state index contributed by atoms with van der Waals surface area (Å²) in [5.41, 5.74) is 1.29. The Morgan fingerprint density at radius 2 is 2.58 bits per heavy atom. The molecule has 0 bridgehead atoms.